The Morgan fingerprint density at radius 2 is 2.11 bits per heavy atom. The highest BCUT2D eigenvalue weighted by molar-refractivity contribution is 6.76. The van der Waals surface area contributed by atoms with Gasteiger partial charge in [-0.1, -0.05) is 31.8 Å². The van der Waals surface area contributed by atoms with Crippen LogP contribution in [-0.2, 0) is 4.74 Å². The van der Waals surface area contributed by atoms with E-state index in [9.17, 15) is 4.79 Å². The summed E-state index contributed by atoms with van der Waals surface area (Å²) >= 11 is 0. The molecule has 5 heteroatoms. The molecular weight excluding hydrogens is 258 g/mol. The SMILES string of the molecule is [C-]#[N+]c1ccc(C=O)c(OCOCC[Si](C)(C)C)c1. The maximum atomic E-state index is 10.9. The zero-order chi connectivity index (χ0) is 14.3. The first-order valence-corrected chi connectivity index (χ1v) is 9.84. The molecule has 0 heterocycles. The highest BCUT2D eigenvalue weighted by Gasteiger charge is 2.12. The zero-order valence-corrected chi connectivity index (χ0v) is 12.6. The third-order valence-electron chi connectivity index (χ3n) is 2.55. The van der Waals surface area contributed by atoms with Crippen LogP contribution in [0.15, 0.2) is 18.2 Å². The summed E-state index contributed by atoms with van der Waals surface area (Å²) in [6.07, 6.45) is 0.713. The molecule has 0 spiro atoms. The summed E-state index contributed by atoms with van der Waals surface area (Å²) in [4.78, 5) is 14.2. The van der Waals surface area contributed by atoms with E-state index in [4.69, 9.17) is 16.0 Å². The average molecular weight is 277 g/mol. The molecule has 0 aliphatic carbocycles. The van der Waals surface area contributed by atoms with Crippen molar-refractivity contribution in [3.05, 3.63) is 35.2 Å². The van der Waals surface area contributed by atoms with E-state index in [1.54, 1.807) is 18.2 Å². The summed E-state index contributed by atoms with van der Waals surface area (Å²) in [6.45, 7) is 14.5. The van der Waals surface area contributed by atoms with Crippen LogP contribution in [0.4, 0.5) is 5.69 Å². The Bertz CT molecular complexity index is 475. The molecule has 0 aliphatic rings. The minimum atomic E-state index is -1.10. The molecule has 0 radical (unpaired) electrons. The number of rotatable bonds is 7. The highest BCUT2D eigenvalue weighted by Crippen LogP contribution is 2.24. The van der Waals surface area contributed by atoms with Crippen molar-refractivity contribution in [2.75, 3.05) is 13.4 Å². The molecule has 0 fully saturated rings. The van der Waals surface area contributed by atoms with Gasteiger partial charge in [-0.05, 0) is 12.1 Å². The Kier molecular flexibility index (Phi) is 5.74. The second-order valence-corrected chi connectivity index (χ2v) is 11.1. The molecular formula is C14H19NO3Si. The molecule has 0 amide bonds. The van der Waals surface area contributed by atoms with Gasteiger partial charge in [-0.2, -0.15) is 0 Å². The number of carbonyl (C=O) groups excluding carboxylic acids is 1. The molecule has 0 saturated carbocycles. The van der Waals surface area contributed by atoms with E-state index in [2.05, 4.69) is 24.5 Å². The topological polar surface area (TPSA) is 39.9 Å². The summed E-state index contributed by atoms with van der Waals surface area (Å²) in [6, 6.07) is 5.80. The van der Waals surface area contributed by atoms with Crippen molar-refractivity contribution in [2.24, 2.45) is 0 Å². The van der Waals surface area contributed by atoms with E-state index < -0.39 is 8.07 Å². The third-order valence-corrected chi connectivity index (χ3v) is 4.25. The lowest BCUT2D eigenvalue weighted by atomic mass is 10.2. The van der Waals surface area contributed by atoms with Crippen LogP contribution in [0.1, 0.15) is 10.4 Å². The Hall–Kier alpha value is -1.64. The Labute approximate surface area is 115 Å². The average Bonchev–Trinajstić information content (AvgIpc) is 2.36. The fraction of sp³-hybridized carbons (Fsp3) is 0.429. The van der Waals surface area contributed by atoms with Gasteiger partial charge in [0.1, 0.15) is 5.75 Å². The van der Waals surface area contributed by atoms with Crippen molar-refractivity contribution in [2.45, 2.75) is 25.7 Å². The number of ether oxygens (including phenoxy) is 2. The van der Waals surface area contributed by atoms with Crippen LogP contribution in [0.2, 0.25) is 25.7 Å². The largest absolute Gasteiger partial charge is 0.468 e. The number of aldehydes is 1. The van der Waals surface area contributed by atoms with E-state index in [-0.39, 0.29) is 6.79 Å². The molecule has 1 aromatic rings. The number of hydrogen-bond acceptors (Lipinski definition) is 3. The first-order chi connectivity index (χ1) is 8.96. The second kappa shape index (κ2) is 7.07. The van der Waals surface area contributed by atoms with Gasteiger partial charge in [0.2, 0.25) is 0 Å². The highest BCUT2D eigenvalue weighted by atomic mass is 28.3. The number of hydrogen-bond donors (Lipinski definition) is 0. The van der Waals surface area contributed by atoms with Gasteiger partial charge in [0.25, 0.3) is 0 Å². The normalized spacial score (nSPS) is 10.8. The van der Waals surface area contributed by atoms with Crippen molar-refractivity contribution in [3.8, 4) is 5.75 Å². The lowest BCUT2D eigenvalue weighted by molar-refractivity contribution is 0.0217. The van der Waals surface area contributed by atoms with Crippen molar-refractivity contribution < 1.29 is 14.3 Å². The molecule has 0 bridgehead atoms. The Balaban J connectivity index is 2.49. The molecule has 1 rings (SSSR count). The fourth-order valence-electron chi connectivity index (χ4n) is 1.36. The van der Waals surface area contributed by atoms with E-state index in [0.717, 1.165) is 6.04 Å². The summed E-state index contributed by atoms with van der Waals surface area (Å²) < 4.78 is 10.8. The van der Waals surface area contributed by atoms with Gasteiger partial charge in [-0.3, -0.25) is 4.79 Å². The smallest absolute Gasteiger partial charge is 0.190 e. The van der Waals surface area contributed by atoms with Crippen LogP contribution in [-0.4, -0.2) is 27.8 Å². The third kappa shape index (κ3) is 5.68. The molecule has 0 saturated heterocycles. The molecule has 0 aromatic heterocycles. The molecule has 0 atom stereocenters. The Morgan fingerprint density at radius 3 is 2.68 bits per heavy atom. The lowest BCUT2D eigenvalue weighted by Gasteiger charge is -2.15. The van der Waals surface area contributed by atoms with Crippen molar-refractivity contribution >= 4 is 20.0 Å². The van der Waals surface area contributed by atoms with Gasteiger partial charge < -0.3 is 9.47 Å². The molecule has 0 unspecified atom stereocenters. The molecule has 19 heavy (non-hydrogen) atoms. The Morgan fingerprint density at radius 1 is 1.37 bits per heavy atom. The van der Waals surface area contributed by atoms with E-state index in [1.807, 2.05) is 0 Å². The predicted molar refractivity (Wildman–Crippen MR) is 77.7 cm³/mol. The van der Waals surface area contributed by atoms with Crippen LogP contribution >= 0.6 is 0 Å². The monoisotopic (exact) mass is 277 g/mol. The molecule has 0 aliphatic heterocycles. The quantitative estimate of drug-likeness (QED) is 0.250. The lowest BCUT2D eigenvalue weighted by Crippen LogP contribution is -2.22. The van der Waals surface area contributed by atoms with E-state index in [0.29, 0.717) is 29.9 Å². The molecule has 102 valence electrons. The predicted octanol–water partition coefficient (Wildman–Crippen LogP) is 3.74. The number of benzene rings is 1. The number of nitrogens with zero attached hydrogens (tertiary/aromatic N) is 1. The standard InChI is InChI=1S/C14H19NO3Si/c1-15-13-6-5-12(10-16)14(9-13)18-11-17-7-8-19(2,3)4/h5-6,9-10H,7-8,11H2,2-4H3. The maximum absolute atomic E-state index is 10.9. The fourth-order valence-corrected chi connectivity index (χ4v) is 2.11. The zero-order valence-electron chi connectivity index (χ0n) is 11.6. The van der Waals surface area contributed by atoms with Crippen LogP contribution in [0.3, 0.4) is 0 Å². The molecule has 4 nitrogen and oxygen atoms in total. The summed E-state index contributed by atoms with van der Waals surface area (Å²) in [5, 5.41) is 0. The van der Waals surface area contributed by atoms with Crippen molar-refractivity contribution in [1.29, 1.82) is 0 Å². The summed E-state index contributed by atoms with van der Waals surface area (Å²) in [7, 11) is -1.10. The molecule has 1 aromatic carbocycles. The van der Waals surface area contributed by atoms with Gasteiger partial charge >= 0.3 is 0 Å². The van der Waals surface area contributed by atoms with Crippen LogP contribution in [0.5, 0.6) is 5.75 Å². The van der Waals surface area contributed by atoms with Gasteiger partial charge in [-0.25, -0.2) is 4.85 Å². The van der Waals surface area contributed by atoms with Gasteiger partial charge in [0, 0.05) is 14.7 Å². The van der Waals surface area contributed by atoms with Gasteiger partial charge in [0.15, 0.2) is 18.8 Å². The van der Waals surface area contributed by atoms with Crippen LogP contribution in [0, 0.1) is 6.57 Å². The minimum Gasteiger partial charge on any atom is -0.468 e. The first kappa shape index (κ1) is 15.4. The second-order valence-electron chi connectivity index (χ2n) is 5.43. The maximum Gasteiger partial charge on any atom is 0.190 e. The van der Waals surface area contributed by atoms with E-state index in [1.165, 1.54) is 0 Å². The first-order valence-electron chi connectivity index (χ1n) is 6.13. The minimum absolute atomic E-state index is 0.104. The van der Waals surface area contributed by atoms with Gasteiger partial charge in [-0.15, -0.1) is 0 Å². The summed E-state index contributed by atoms with van der Waals surface area (Å²) in [5.41, 5.74) is 0.879. The summed E-state index contributed by atoms with van der Waals surface area (Å²) in [5.74, 6) is 0.400. The molecule has 0 N–H and O–H groups in total. The number of carbonyl (C=O) groups is 1. The van der Waals surface area contributed by atoms with Crippen LogP contribution in [0.25, 0.3) is 4.85 Å². The van der Waals surface area contributed by atoms with Gasteiger partial charge in [0.05, 0.1) is 12.1 Å². The van der Waals surface area contributed by atoms with Crippen molar-refractivity contribution in [3.63, 3.8) is 0 Å². The van der Waals surface area contributed by atoms with Crippen molar-refractivity contribution in [1.82, 2.24) is 0 Å². The van der Waals surface area contributed by atoms with Crippen LogP contribution < -0.4 is 4.74 Å². The van der Waals surface area contributed by atoms with E-state index >= 15 is 0 Å².